The molecule has 0 aliphatic carbocycles. The lowest BCUT2D eigenvalue weighted by molar-refractivity contribution is 0.103. The monoisotopic (exact) mass is 332 g/mol. The fourth-order valence-corrected chi connectivity index (χ4v) is 2.71. The van der Waals surface area contributed by atoms with Crippen LogP contribution in [0.1, 0.15) is 32.6 Å². The van der Waals surface area contributed by atoms with Crippen LogP contribution in [-0.2, 0) is 0 Å². The van der Waals surface area contributed by atoms with Crippen molar-refractivity contribution in [3.05, 3.63) is 62.6 Å². The van der Waals surface area contributed by atoms with Crippen molar-refractivity contribution in [3.8, 4) is 5.75 Å². The number of methoxy groups -OCH3 is 1. The average Bonchev–Trinajstić information content (AvgIpc) is 2.42. The van der Waals surface area contributed by atoms with Crippen molar-refractivity contribution in [3.63, 3.8) is 0 Å². The molecule has 2 aromatic carbocycles. The molecule has 3 heteroatoms. The first-order valence-corrected chi connectivity index (χ1v) is 7.19. The Balaban J connectivity index is 2.46. The van der Waals surface area contributed by atoms with E-state index in [1.807, 2.05) is 19.9 Å². The lowest BCUT2D eigenvalue weighted by atomic mass is 9.95. The van der Waals surface area contributed by atoms with E-state index in [1.165, 1.54) is 5.56 Å². The smallest absolute Gasteiger partial charge is 0.193 e. The molecule has 0 saturated heterocycles. The van der Waals surface area contributed by atoms with Crippen LogP contribution in [0.3, 0.4) is 0 Å². The van der Waals surface area contributed by atoms with Gasteiger partial charge in [0.25, 0.3) is 0 Å². The first-order valence-electron chi connectivity index (χ1n) is 6.40. The van der Waals surface area contributed by atoms with Gasteiger partial charge in [-0.15, -0.1) is 0 Å². The summed E-state index contributed by atoms with van der Waals surface area (Å²) in [6.45, 7) is 6.05. The van der Waals surface area contributed by atoms with Crippen molar-refractivity contribution in [2.24, 2.45) is 0 Å². The zero-order valence-corrected chi connectivity index (χ0v) is 13.7. The fourth-order valence-electron chi connectivity index (χ4n) is 2.17. The Bertz CT molecular complexity index is 675. The van der Waals surface area contributed by atoms with Crippen LogP contribution in [-0.4, -0.2) is 12.9 Å². The summed E-state index contributed by atoms with van der Waals surface area (Å²) in [5.41, 5.74) is 4.75. The van der Waals surface area contributed by atoms with Gasteiger partial charge in [-0.3, -0.25) is 4.79 Å². The van der Waals surface area contributed by atoms with Gasteiger partial charge in [0.05, 0.1) is 11.6 Å². The van der Waals surface area contributed by atoms with Crippen LogP contribution in [0.5, 0.6) is 5.75 Å². The molecule has 20 heavy (non-hydrogen) atoms. The number of aryl methyl sites for hydroxylation is 3. The van der Waals surface area contributed by atoms with Crippen molar-refractivity contribution in [2.45, 2.75) is 20.8 Å². The third kappa shape index (κ3) is 2.78. The summed E-state index contributed by atoms with van der Waals surface area (Å²) in [4.78, 5) is 12.6. The zero-order valence-electron chi connectivity index (χ0n) is 12.1. The molecule has 0 aliphatic heterocycles. The molecule has 0 N–H and O–H groups in total. The highest BCUT2D eigenvalue weighted by Crippen LogP contribution is 2.27. The molecule has 0 fully saturated rings. The second-order valence-corrected chi connectivity index (χ2v) is 5.78. The van der Waals surface area contributed by atoms with Crippen molar-refractivity contribution in [2.75, 3.05) is 7.11 Å². The maximum Gasteiger partial charge on any atom is 0.193 e. The largest absolute Gasteiger partial charge is 0.496 e. The molecule has 0 aromatic heterocycles. The van der Waals surface area contributed by atoms with Gasteiger partial charge in [0.2, 0.25) is 0 Å². The molecule has 0 aliphatic rings. The van der Waals surface area contributed by atoms with Gasteiger partial charge in [-0.25, -0.2) is 0 Å². The Morgan fingerprint density at radius 1 is 1.00 bits per heavy atom. The van der Waals surface area contributed by atoms with Gasteiger partial charge >= 0.3 is 0 Å². The molecule has 0 radical (unpaired) electrons. The number of ether oxygens (including phenoxy) is 1. The number of carbonyl (C=O) groups is 1. The molecule has 0 atom stereocenters. The van der Waals surface area contributed by atoms with Crippen molar-refractivity contribution >= 4 is 21.7 Å². The molecule has 0 spiro atoms. The second-order valence-electron chi connectivity index (χ2n) is 4.93. The summed E-state index contributed by atoms with van der Waals surface area (Å²) in [6.07, 6.45) is 0. The molecule has 2 aromatic rings. The van der Waals surface area contributed by atoms with Crippen LogP contribution < -0.4 is 4.74 Å². The van der Waals surface area contributed by atoms with Crippen LogP contribution in [0.25, 0.3) is 0 Å². The normalized spacial score (nSPS) is 10.4. The van der Waals surface area contributed by atoms with Crippen LogP contribution in [0.2, 0.25) is 0 Å². The number of ketones is 1. The molecule has 0 heterocycles. The van der Waals surface area contributed by atoms with E-state index in [0.717, 1.165) is 26.9 Å². The van der Waals surface area contributed by atoms with Crippen LogP contribution >= 0.6 is 15.9 Å². The lowest BCUT2D eigenvalue weighted by Crippen LogP contribution is -2.05. The summed E-state index contributed by atoms with van der Waals surface area (Å²) in [5, 5.41) is 0. The minimum Gasteiger partial charge on any atom is -0.496 e. The van der Waals surface area contributed by atoms with Gasteiger partial charge < -0.3 is 4.74 Å². The molecule has 2 rings (SSSR count). The maximum atomic E-state index is 12.6. The summed E-state index contributed by atoms with van der Waals surface area (Å²) in [7, 11) is 1.61. The van der Waals surface area contributed by atoms with E-state index in [2.05, 4.69) is 28.9 Å². The number of hydrogen-bond acceptors (Lipinski definition) is 2. The molecule has 2 nitrogen and oxygen atoms in total. The average molecular weight is 333 g/mol. The minimum atomic E-state index is 0.0361. The van der Waals surface area contributed by atoms with E-state index >= 15 is 0 Å². The van der Waals surface area contributed by atoms with Crippen LogP contribution in [0.15, 0.2) is 34.8 Å². The Labute approximate surface area is 127 Å². The Hall–Kier alpha value is -1.61. The molecular formula is C17H17BrO2. The quantitative estimate of drug-likeness (QED) is 0.767. The van der Waals surface area contributed by atoms with Gasteiger partial charge in [-0.1, -0.05) is 6.07 Å². The Morgan fingerprint density at radius 3 is 2.25 bits per heavy atom. The van der Waals surface area contributed by atoms with E-state index in [4.69, 9.17) is 4.74 Å². The highest BCUT2D eigenvalue weighted by Gasteiger charge is 2.14. The van der Waals surface area contributed by atoms with Gasteiger partial charge in [0.15, 0.2) is 5.78 Å². The topological polar surface area (TPSA) is 26.3 Å². The maximum absolute atomic E-state index is 12.6. The highest BCUT2D eigenvalue weighted by atomic mass is 79.9. The van der Waals surface area contributed by atoms with E-state index in [1.54, 1.807) is 25.3 Å². The number of benzene rings is 2. The summed E-state index contributed by atoms with van der Waals surface area (Å²) >= 11 is 3.42. The Kier molecular flexibility index (Phi) is 4.29. The van der Waals surface area contributed by atoms with Crippen molar-refractivity contribution in [1.29, 1.82) is 0 Å². The van der Waals surface area contributed by atoms with Crippen LogP contribution in [0, 0.1) is 20.8 Å². The zero-order chi connectivity index (χ0) is 14.9. The van der Waals surface area contributed by atoms with Gasteiger partial charge in [-0.2, -0.15) is 0 Å². The first kappa shape index (κ1) is 14.8. The summed E-state index contributed by atoms with van der Waals surface area (Å²) in [6, 6.07) is 9.41. The van der Waals surface area contributed by atoms with Crippen molar-refractivity contribution in [1.82, 2.24) is 0 Å². The molecular weight excluding hydrogens is 316 g/mol. The summed E-state index contributed by atoms with van der Waals surface area (Å²) < 4.78 is 5.97. The number of hydrogen-bond donors (Lipinski definition) is 0. The fraction of sp³-hybridized carbons (Fsp3) is 0.235. The molecule has 0 saturated carbocycles. The van der Waals surface area contributed by atoms with E-state index in [9.17, 15) is 4.79 Å². The van der Waals surface area contributed by atoms with Gasteiger partial charge in [-0.05, 0) is 77.7 Å². The second kappa shape index (κ2) is 5.80. The number of halogens is 1. The molecule has 104 valence electrons. The van der Waals surface area contributed by atoms with Gasteiger partial charge in [0, 0.05) is 11.1 Å². The predicted octanol–water partition coefficient (Wildman–Crippen LogP) is 4.61. The molecule has 0 amide bonds. The van der Waals surface area contributed by atoms with Gasteiger partial charge in [0.1, 0.15) is 5.75 Å². The minimum absolute atomic E-state index is 0.0361. The SMILES string of the molecule is COc1ccc(C(=O)c2cc(C)c(C)cc2C)cc1Br. The predicted molar refractivity (Wildman–Crippen MR) is 84.8 cm³/mol. The highest BCUT2D eigenvalue weighted by molar-refractivity contribution is 9.10. The number of rotatable bonds is 3. The van der Waals surface area contributed by atoms with Crippen LogP contribution in [0.4, 0.5) is 0 Å². The van der Waals surface area contributed by atoms with E-state index < -0.39 is 0 Å². The third-order valence-corrected chi connectivity index (χ3v) is 4.12. The molecule has 0 bridgehead atoms. The van der Waals surface area contributed by atoms with Crippen molar-refractivity contribution < 1.29 is 9.53 Å². The third-order valence-electron chi connectivity index (χ3n) is 3.50. The Morgan fingerprint density at radius 2 is 1.65 bits per heavy atom. The standard InChI is InChI=1S/C17H17BrO2/c1-10-7-12(3)14(8-11(10)2)17(19)13-5-6-16(20-4)15(18)9-13/h5-9H,1-4H3. The lowest BCUT2D eigenvalue weighted by Gasteiger charge is -2.10. The first-order chi connectivity index (χ1) is 9.43. The molecule has 0 unspecified atom stereocenters. The summed E-state index contributed by atoms with van der Waals surface area (Å²) in [5.74, 6) is 0.757. The number of carbonyl (C=O) groups excluding carboxylic acids is 1. The van der Waals surface area contributed by atoms with E-state index in [0.29, 0.717) is 5.56 Å². The van der Waals surface area contributed by atoms with E-state index in [-0.39, 0.29) is 5.78 Å².